The summed E-state index contributed by atoms with van der Waals surface area (Å²) < 4.78 is 0. The van der Waals surface area contributed by atoms with Crippen LogP contribution in [0, 0.1) is 45.8 Å². The van der Waals surface area contributed by atoms with Crippen LogP contribution < -0.4 is 0 Å². The summed E-state index contributed by atoms with van der Waals surface area (Å²) in [5, 5.41) is 0. The highest BCUT2D eigenvalue weighted by atomic mass is 16.1. The van der Waals surface area contributed by atoms with E-state index in [0.717, 1.165) is 38.5 Å². The van der Waals surface area contributed by atoms with Crippen molar-refractivity contribution in [2.75, 3.05) is 0 Å². The van der Waals surface area contributed by atoms with Crippen molar-refractivity contribution in [2.45, 2.75) is 99.8 Å². The molecule has 0 aromatic rings. The highest BCUT2D eigenvalue weighted by Gasteiger charge is 2.63. The molecule has 4 rings (SSSR count). The second-order valence-corrected chi connectivity index (χ2v) is 12.7. The van der Waals surface area contributed by atoms with Crippen LogP contribution in [0.2, 0.25) is 0 Å². The average molecular weight is 425 g/mol. The van der Waals surface area contributed by atoms with Crippen molar-refractivity contribution in [3.63, 3.8) is 0 Å². The second kappa shape index (κ2) is 7.70. The Bertz CT molecular complexity index is 826. The third-order valence-corrected chi connectivity index (χ3v) is 10.4. The Labute approximate surface area is 190 Å². The molecule has 0 amide bonds. The normalized spacial score (nSPS) is 42.2. The fourth-order valence-electron chi connectivity index (χ4n) is 8.82. The topological polar surface area (TPSA) is 34.1 Å². The van der Waals surface area contributed by atoms with Crippen LogP contribution in [0.3, 0.4) is 0 Å². The molecule has 0 N–H and O–H groups in total. The zero-order valence-corrected chi connectivity index (χ0v) is 21.0. The van der Waals surface area contributed by atoms with E-state index >= 15 is 0 Å². The first kappa shape index (κ1) is 23.0. The van der Waals surface area contributed by atoms with E-state index in [1.165, 1.54) is 24.0 Å². The summed E-state index contributed by atoms with van der Waals surface area (Å²) in [6.45, 7) is 15.9. The monoisotopic (exact) mass is 424 g/mol. The molecule has 2 heteroatoms. The number of ketones is 2. The Morgan fingerprint density at radius 1 is 1.13 bits per heavy atom. The predicted octanol–water partition coefficient (Wildman–Crippen LogP) is 7.33. The van der Waals surface area contributed by atoms with Crippen molar-refractivity contribution in [3.05, 3.63) is 23.3 Å². The molecule has 0 saturated heterocycles. The first-order valence-electron chi connectivity index (χ1n) is 12.8. The molecule has 0 radical (unpaired) electrons. The number of hydrogen-bond acceptors (Lipinski definition) is 2. The van der Waals surface area contributed by atoms with Gasteiger partial charge >= 0.3 is 0 Å². The summed E-state index contributed by atoms with van der Waals surface area (Å²) in [5.74, 6) is 3.40. The Kier molecular flexibility index (Phi) is 5.71. The summed E-state index contributed by atoms with van der Waals surface area (Å²) in [6, 6.07) is 0. The third kappa shape index (κ3) is 3.42. The van der Waals surface area contributed by atoms with Gasteiger partial charge in [-0.15, -0.1) is 0 Å². The molecule has 4 aliphatic carbocycles. The zero-order valence-electron chi connectivity index (χ0n) is 21.0. The van der Waals surface area contributed by atoms with Crippen LogP contribution in [0.4, 0.5) is 0 Å². The highest BCUT2D eigenvalue weighted by Crippen LogP contribution is 2.68. The average Bonchev–Trinajstić information content (AvgIpc) is 2.95. The largest absolute Gasteiger partial charge is 0.299 e. The third-order valence-electron chi connectivity index (χ3n) is 10.4. The molecule has 0 bridgehead atoms. The zero-order chi connectivity index (χ0) is 22.8. The number of carbonyl (C=O) groups is 2. The summed E-state index contributed by atoms with van der Waals surface area (Å²) in [6.07, 6.45) is 13.0. The number of Topliss-reactive ketones (excluding diaryl/α,β-unsaturated/α-hetero) is 2. The van der Waals surface area contributed by atoms with E-state index in [1.54, 1.807) is 0 Å². The maximum Gasteiger partial charge on any atom is 0.142 e. The van der Waals surface area contributed by atoms with Gasteiger partial charge in [0.2, 0.25) is 0 Å². The summed E-state index contributed by atoms with van der Waals surface area (Å²) >= 11 is 0. The minimum Gasteiger partial charge on any atom is -0.299 e. The standard InChI is InChI=1S/C29H44O2/c1-18(2)9-8-10-19(3)26-23(30)17-22-20-11-12-24-27(4,5)25(31)14-16-28(24,6)21(20)13-15-29(22,26)7/h9,12,19-22,26H,8,10-11,13-17H2,1-7H3/t19-,20-,21+,22+,26+,28-,29+/m1/s1. The van der Waals surface area contributed by atoms with E-state index in [9.17, 15) is 9.59 Å². The molecule has 0 heterocycles. The predicted molar refractivity (Wildman–Crippen MR) is 128 cm³/mol. The van der Waals surface area contributed by atoms with Crippen LogP contribution in [-0.2, 0) is 9.59 Å². The smallest absolute Gasteiger partial charge is 0.142 e. The van der Waals surface area contributed by atoms with E-state index in [4.69, 9.17) is 0 Å². The molecular formula is C29H44O2. The first-order valence-corrected chi connectivity index (χ1v) is 12.8. The fourth-order valence-corrected chi connectivity index (χ4v) is 8.82. The van der Waals surface area contributed by atoms with E-state index in [2.05, 4.69) is 60.6 Å². The van der Waals surface area contributed by atoms with Crippen LogP contribution in [0.25, 0.3) is 0 Å². The van der Waals surface area contributed by atoms with Crippen molar-refractivity contribution in [3.8, 4) is 0 Å². The lowest BCUT2D eigenvalue weighted by Gasteiger charge is -2.59. The molecule has 7 atom stereocenters. The number of hydrogen-bond donors (Lipinski definition) is 0. The lowest BCUT2D eigenvalue weighted by atomic mass is 9.44. The summed E-state index contributed by atoms with van der Waals surface area (Å²) in [4.78, 5) is 26.1. The van der Waals surface area contributed by atoms with Crippen molar-refractivity contribution in [1.82, 2.24) is 0 Å². The van der Waals surface area contributed by atoms with Crippen molar-refractivity contribution < 1.29 is 9.59 Å². The first-order chi connectivity index (χ1) is 14.4. The van der Waals surface area contributed by atoms with E-state index in [0.29, 0.717) is 35.2 Å². The molecule has 4 aliphatic rings. The number of allylic oxidation sites excluding steroid dienone is 4. The van der Waals surface area contributed by atoms with Crippen LogP contribution in [-0.4, -0.2) is 11.6 Å². The quantitative estimate of drug-likeness (QED) is 0.443. The molecule has 2 nitrogen and oxygen atoms in total. The second-order valence-electron chi connectivity index (χ2n) is 12.7. The van der Waals surface area contributed by atoms with Gasteiger partial charge in [-0.2, -0.15) is 0 Å². The number of rotatable bonds is 4. The van der Waals surface area contributed by atoms with Crippen molar-refractivity contribution in [1.29, 1.82) is 0 Å². The Hall–Kier alpha value is -1.18. The molecule has 3 saturated carbocycles. The lowest BCUT2D eigenvalue weighted by molar-refractivity contribution is -0.132. The minimum atomic E-state index is -0.313. The van der Waals surface area contributed by atoms with E-state index in [1.807, 2.05) is 0 Å². The molecule has 0 unspecified atom stereocenters. The Balaban J connectivity index is 1.61. The van der Waals surface area contributed by atoms with Gasteiger partial charge in [0, 0.05) is 24.2 Å². The van der Waals surface area contributed by atoms with Gasteiger partial charge in [-0.3, -0.25) is 9.59 Å². The van der Waals surface area contributed by atoms with Crippen molar-refractivity contribution in [2.24, 2.45) is 45.8 Å². The van der Waals surface area contributed by atoms with Gasteiger partial charge in [-0.05, 0) is 101 Å². The molecule has 0 aliphatic heterocycles. The number of fused-ring (bicyclic) bond motifs is 5. The van der Waals surface area contributed by atoms with Gasteiger partial charge in [0.15, 0.2) is 0 Å². The minimum absolute atomic E-state index is 0.137. The van der Waals surface area contributed by atoms with Gasteiger partial charge in [0.05, 0.1) is 0 Å². The Morgan fingerprint density at radius 2 is 1.84 bits per heavy atom. The maximum atomic E-state index is 13.4. The van der Waals surface area contributed by atoms with Gasteiger partial charge in [0.25, 0.3) is 0 Å². The Morgan fingerprint density at radius 3 is 2.52 bits per heavy atom. The van der Waals surface area contributed by atoms with Crippen LogP contribution in [0.1, 0.15) is 99.8 Å². The molecule has 0 aromatic heterocycles. The van der Waals surface area contributed by atoms with E-state index < -0.39 is 0 Å². The van der Waals surface area contributed by atoms with Gasteiger partial charge in [0.1, 0.15) is 11.6 Å². The summed E-state index contributed by atoms with van der Waals surface area (Å²) in [7, 11) is 0. The van der Waals surface area contributed by atoms with Gasteiger partial charge < -0.3 is 0 Å². The molecule has 172 valence electrons. The lowest BCUT2D eigenvalue weighted by Crippen LogP contribution is -2.53. The molecular weight excluding hydrogens is 380 g/mol. The van der Waals surface area contributed by atoms with Gasteiger partial charge in [-0.1, -0.05) is 44.1 Å². The fraction of sp³-hybridized carbons (Fsp3) is 0.793. The highest BCUT2D eigenvalue weighted by molar-refractivity contribution is 5.89. The summed E-state index contributed by atoms with van der Waals surface area (Å²) in [5.41, 5.74) is 2.77. The van der Waals surface area contributed by atoms with Crippen LogP contribution >= 0.6 is 0 Å². The van der Waals surface area contributed by atoms with Crippen LogP contribution in [0.5, 0.6) is 0 Å². The molecule has 3 fully saturated rings. The van der Waals surface area contributed by atoms with Crippen molar-refractivity contribution >= 4 is 11.6 Å². The van der Waals surface area contributed by atoms with E-state index in [-0.39, 0.29) is 22.2 Å². The maximum absolute atomic E-state index is 13.4. The molecule has 0 aromatic carbocycles. The molecule has 31 heavy (non-hydrogen) atoms. The molecule has 0 spiro atoms. The number of carbonyl (C=O) groups excluding carboxylic acids is 2. The van der Waals surface area contributed by atoms with Crippen LogP contribution in [0.15, 0.2) is 23.3 Å². The SMILES string of the molecule is CC(C)=CCC[C@@H](C)[C@H]1C(=O)C[C@H]2[C@@H]3CC=C4C(C)(C)C(=O)CC[C@]4(C)[C@H]3CC[C@]12C. The van der Waals surface area contributed by atoms with Gasteiger partial charge in [-0.25, -0.2) is 0 Å².